The van der Waals surface area contributed by atoms with Crippen LogP contribution in [0.15, 0.2) is 0 Å². The predicted molar refractivity (Wildman–Crippen MR) is 62.1 cm³/mol. The molecule has 0 bridgehead atoms. The fourth-order valence-corrected chi connectivity index (χ4v) is 3.15. The summed E-state index contributed by atoms with van der Waals surface area (Å²) in [5.41, 5.74) is -0.409. The number of nitrogens with zero attached hydrogens (tertiary/aromatic N) is 1. The third-order valence-electron chi connectivity index (χ3n) is 2.15. The zero-order valence-electron chi connectivity index (χ0n) is 10.1. The highest BCUT2D eigenvalue weighted by molar-refractivity contribution is 7.91. The normalized spacial score (nSPS) is 12.8. The van der Waals surface area contributed by atoms with E-state index in [1.54, 1.807) is 0 Å². The fraction of sp³-hybridized carbons (Fsp3) is 0.909. The molecule has 0 atom stereocenters. The number of hydrogen-bond donors (Lipinski definition) is 0. The average molecular weight is 231 g/mol. The largest absolute Gasteiger partial charge is 0.229 e. The molecule has 4 heteroatoms. The van der Waals surface area contributed by atoms with E-state index in [9.17, 15) is 8.42 Å². The van der Waals surface area contributed by atoms with Crippen molar-refractivity contribution in [1.82, 2.24) is 0 Å². The van der Waals surface area contributed by atoms with Gasteiger partial charge in [0.05, 0.1) is 23.0 Å². The molecule has 0 aromatic carbocycles. The van der Waals surface area contributed by atoms with Crippen LogP contribution >= 0.6 is 0 Å². The first-order valence-electron chi connectivity index (χ1n) is 5.30. The third-order valence-corrected chi connectivity index (χ3v) is 4.23. The van der Waals surface area contributed by atoms with Gasteiger partial charge in [0.15, 0.2) is 9.84 Å². The summed E-state index contributed by atoms with van der Waals surface area (Å²) in [6.45, 7) is 7.47. The summed E-state index contributed by atoms with van der Waals surface area (Å²) in [6, 6.07) is 2.17. The second kappa shape index (κ2) is 5.50. The number of sulfone groups is 1. The predicted octanol–water partition coefficient (Wildman–Crippen LogP) is 2.39. The molecule has 15 heavy (non-hydrogen) atoms. The van der Waals surface area contributed by atoms with Gasteiger partial charge in [0, 0.05) is 0 Å². The second-order valence-corrected chi connectivity index (χ2v) is 7.34. The lowest BCUT2D eigenvalue weighted by Gasteiger charge is -2.14. The summed E-state index contributed by atoms with van der Waals surface area (Å²) < 4.78 is 23.1. The van der Waals surface area contributed by atoms with Gasteiger partial charge in [-0.15, -0.1) is 0 Å². The minimum absolute atomic E-state index is 0.180. The van der Waals surface area contributed by atoms with Crippen molar-refractivity contribution in [3.05, 3.63) is 0 Å². The maximum absolute atomic E-state index is 11.5. The molecule has 0 saturated heterocycles. The van der Waals surface area contributed by atoms with Gasteiger partial charge >= 0.3 is 0 Å². The lowest BCUT2D eigenvalue weighted by atomic mass is 9.90. The second-order valence-electron chi connectivity index (χ2n) is 5.11. The lowest BCUT2D eigenvalue weighted by Crippen LogP contribution is -2.17. The van der Waals surface area contributed by atoms with E-state index in [4.69, 9.17) is 5.26 Å². The van der Waals surface area contributed by atoms with Crippen molar-refractivity contribution in [3.8, 4) is 6.07 Å². The van der Waals surface area contributed by atoms with Crippen molar-refractivity contribution >= 4 is 9.84 Å². The van der Waals surface area contributed by atoms with Crippen LogP contribution in [0.5, 0.6) is 0 Å². The molecule has 0 aliphatic heterocycles. The molecule has 88 valence electrons. The highest BCUT2D eigenvalue weighted by atomic mass is 32.2. The van der Waals surface area contributed by atoms with Crippen LogP contribution in [0.2, 0.25) is 0 Å². The Balaban J connectivity index is 4.03. The Kier molecular flexibility index (Phi) is 5.30. The zero-order chi connectivity index (χ0) is 12.1. The molecule has 0 saturated carbocycles. The first-order chi connectivity index (χ1) is 6.68. The molecule has 0 amide bonds. The maximum Gasteiger partial charge on any atom is 0.150 e. The Morgan fingerprint density at radius 1 is 1.33 bits per heavy atom. The summed E-state index contributed by atoms with van der Waals surface area (Å²) in [4.78, 5) is 0. The van der Waals surface area contributed by atoms with Crippen molar-refractivity contribution < 1.29 is 8.42 Å². The highest BCUT2D eigenvalue weighted by Crippen LogP contribution is 2.21. The molecule has 0 N–H and O–H groups in total. The summed E-state index contributed by atoms with van der Waals surface area (Å²) >= 11 is 0. The minimum Gasteiger partial charge on any atom is -0.229 e. The van der Waals surface area contributed by atoms with E-state index >= 15 is 0 Å². The monoisotopic (exact) mass is 231 g/mol. The summed E-state index contributed by atoms with van der Waals surface area (Å²) in [5.74, 6) is 0.634. The average Bonchev–Trinajstić information content (AvgIpc) is 2.00. The molecular weight excluding hydrogens is 210 g/mol. The molecule has 0 rings (SSSR count). The SMILES string of the molecule is CC(C)CS(=O)(=O)CCCC(C)(C)C#N. The number of hydrogen-bond acceptors (Lipinski definition) is 3. The van der Waals surface area contributed by atoms with Crippen LogP contribution in [-0.2, 0) is 9.84 Å². The Morgan fingerprint density at radius 3 is 2.27 bits per heavy atom. The van der Waals surface area contributed by atoms with Gasteiger partial charge in [-0.2, -0.15) is 5.26 Å². The van der Waals surface area contributed by atoms with Gasteiger partial charge < -0.3 is 0 Å². The Hall–Kier alpha value is -0.560. The van der Waals surface area contributed by atoms with E-state index in [-0.39, 0.29) is 17.4 Å². The van der Waals surface area contributed by atoms with Crippen LogP contribution in [0.3, 0.4) is 0 Å². The van der Waals surface area contributed by atoms with Crippen LogP contribution in [0.25, 0.3) is 0 Å². The smallest absolute Gasteiger partial charge is 0.150 e. The topological polar surface area (TPSA) is 57.9 Å². The molecule has 0 fully saturated rings. The zero-order valence-corrected chi connectivity index (χ0v) is 10.9. The van der Waals surface area contributed by atoms with E-state index in [2.05, 4.69) is 6.07 Å². The van der Waals surface area contributed by atoms with E-state index in [0.29, 0.717) is 12.8 Å². The minimum atomic E-state index is -2.92. The highest BCUT2D eigenvalue weighted by Gasteiger charge is 2.19. The Morgan fingerprint density at radius 2 is 1.87 bits per heavy atom. The molecule has 0 aliphatic rings. The number of nitriles is 1. The van der Waals surface area contributed by atoms with E-state index < -0.39 is 15.3 Å². The van der Waals surface area contributed by atoms with Gasteiger partial charge in [-0.1, -0.05) is 13.8 Å². The quantitative estimate of drug-likeness (QED) is 0.705. The van der Waals surface area contributed by atoms with Crippen molar-refractivity contribution in [1.29, 1.82) is 5.26 Å². The van der Waals surface area contributed by atoms with Crippen molar-refractivity contribution in [3.63, 3.8) is 0 Å². The van der Waals surface area contributed by atoms with Gasteiger partial charge in [-0.05, 0) is 32.6 Å². The fourth-order valence-electron chi connectivity index (χ4n) is 1.38. The van der Waals surface area contributed by atoms with Gasteiger partial charge in [0.2, 0.25) is 0 Å². The first-order valence-corrected chi connectivity index (χ1v) is 7.12. The lowest BCUT2D eigenvalue weighted by molar-refractivity contribution is 0.445. The van der Waals surface area contributed by atoms with Gasteiger partial charge in [-0.25, -0.2) is 8.42 Å². The van der Waals surface area contributed by atoms with Gasteiger partial charge in [0.25, 0.3) is 0 Å². The van der Waals surface area contributed by atoms with Crippen LogP contribution in [-0.4, -0.2) is 19.9 Å². The third kappa shape index (κ3) is 7.38. The molecule has 3 nitrogen and oxygen atoms in total. The standard InChI is InChI=1S/C11H21NO2S/c1-10(2)8-15(13,14)7-5-6-11(3,4)9-12/h10H,5-8H2,1-4H3. The van der Waals surface area contributed by atoms with Crippen LogP contribution in [0.4, 0.5) is 0 Å². The Bertz CT molecular complexity index is 323. The van der Waals surface area contributed by atoms with Crippen molar-refractivity contribution in [2.75, 3.05) is 11.5 Å². The molecule has 0 spiro atoms. The molecule has 0 unspecified atom stereocenters. The van der Waals surface area contributed by atoms with E-state index in [1.165, 1.54) is 0 Å². The molecule has 0 radical (unpaired) electrons. The van der Waals surface area contributed by atoms with Crippen LogP contribution < -0.4 is 0 Å². The maximum atomic E-state index is 11.5. The van der Waals surface area contributed by atoms with E-state index in [1.807, 2.05) is 27.7 Å². The number of rotatable bonds is 6. The molecule has 0 aliphatic carbocycles. The first kappa shape index (κ1) is 14.4. The molecule has 0 aromatic heterocycles. The summed E-state index contributed by atoms with van der Waals surface area (Å²) in [6.07, 6.45) is 1.22. The van der Waals surface area contributed by atoms with Crippen LogP contribution in [0, 0.1) is 22.7 Å². The van der Waals surface area contributed by atoms with Crippen LogP contribution in [0.1, 0.15) is 40.5 Å². The van der Waals surface area contributed by atoms with Crippen molar-refractivity contribution in [2.45, 2.75) is 40.5 Å². The molecule has 0 aromatic rings. The summed E-state index contributed by atoms with van der Waals surface area (Å²) in [7, 11) is -2.92. The molecule has 0 heterocycles. The molecular formula is C11H21NO2S. The van der Waals surface area contributed by atoms with Gasteiger partial charge in [0.1, 0.15) is 0 Å². The van der Waals surface area contributed by atoms with Crippen molar-refractivity contribution in [2.24, 2.45) is 11.3 Å². The Labute approximate surface area is 93.4 Å². The van der Waals surface area contributed by atoms with Gasteiger partial charge in [-0.3, -0.25) is 0 Å². The summed E-state index contributed by atoms with van der Waals surface area (Å²) in [5, 5.41) is 8.77. The van der Waals surface area contributed by atoms with E-state index in [0.717, 1.165) is 0 Å².